The van der Waals surface area contributed by atoms with Crippen molar-refractivity contribution in [3.63, 3.8) is 0 Å². The minimum atomic E-state index is -1.75. The fraction of sp³-hybridized carbons (Fsp3) is 0. The summed E-state index contributed by atoms with van der Waals surface area (Å²) in [6.45, 7) is 0. The second kappa shape index (κ2) is 15.7. The SMILES string of the molecule is O=[N+]([O-])[O-].O=[N+]([O-])[O-].[Cl-].[Co]. The molecular formula is ClCoN2O6-3. The molecule has 10 heteroatoms. The number of hydrogen-bond donors (Lipinski definition) is 0. The Labute approximate surface area is 70.7 Å². The van der Waals surface area contributed by atoms with E-state index < -0.39 is 10.2 Å². The van der Waals surface area contributed by atoms with E-state index >= 15 is 0 Å². The number of nitrogens with zero attached hydrogens (tertiary/aromatic N) is 2. The standard InChI is InChI=1S/ClH.Co.2NO3/c;;2*2-1(3)4/h1H;;;/q;;2*-1/p-1. The van der Waals surface area contributed by atoms with Gasteiger partial charge in [-0.25, -0.2) is 0 Å². The molecule has 0 unspecified atom stereocenters. The first kappa shape index (κ1) is 22.9. The quantitative estimate of drug-likeness (QED) is 0.306. The predicted molar refractivity (Wildman–Crippen MR) is 20.7 cm³/mol. The fourth-order valence-electron chi connectivity index (χ4n) is 0. The van der Waals surface area contributed by atoms with Gasteiger partial charge in [0.2, 0.25) is 0 Å². The van der Waals surface area contributed by atoms with Crippen molar-refractivity contribution in [1.82, 2.24) is 0 Å². The first-order valence-electron chi connectivity index (χ1n) is 1.10. The maximum atomic E-state index is 8.25. The molecule has 0 spiro atoms. The van der Waals surface area contributed by atoms with E-state index in [1.165, 1.54) is 0 Å². The second-order valence-corrected chi connectivity index (χ2v) is 0.447. The smallest absolute Gasteiger partial charge is 0.0689 e. The van der Waals surface area contributed by atoms with Crippen LogP contribution >= 0.6 is 0 Å². The van der Waals surface area contributed by atoms with Crippen LogP contribution in [-0.4, -0.2) is 10.2 Å². The van der Waals surface area contributed by atoms with Crippen molar-refractivity contribution in [3.8, 4) is 0 Å². The third-order valence-corrected chi connectivity index (χ3v) is 0. The van der Waals surface area contributed by atoms with Crippen molar-refractivity contribution in [2.75, 3.05) is 0 Å². The zero-order valence-electron chi connectivity index (χ0n) is 4.06. The summed E-state index contributed by atoms with van der Waals surface area (Å²) in [5, 5.41) is 29.5. The van der Waals surface area contributed by atoms with E-state index in [2.05, 4.69) is 0 Å². The average Bonchev–Trinajstić information content (AvgIpc) is 1.25. The third kappa shape index (κ3) is 428. The zero-order valence-corrected chi connectivity index (χ0v) is 5.85. The Hall–Kier alpha value is -0.804. The van der Waals surface area contributed by atoms with E-state index in [9.17, 15) is 0 Å². The summed E-state index contributed by atoms with van der Waals surface area (Å²) >= 11 is 0. The molecule has 8 nitrogen and oxygen atoms in total. The van der Waals surface area contributed by atoms with Gasteiger partial charge in [-0.2, -0.15) is 0 Å². The Bertz CT molecular complexity index is 73.7. The van der Waals surface area contributed by atoms with Crippen molar-refractivity contribution in [2.45, 2.75) is 0 Å². The molecule has 0 fully saturated rings. The number of halogens is 1. The van der Waals surface area contributed by atoms with E-state index in [1.54, 1.807) is 0 Å². The van der Waals surface area contributed by atoms with Crippen molar-refractivity contribution in [1.29, 1.82) is 0 Å². The molecule has 0 aliphatic rings. The molecular weight excluding hydrogens is 218 g/mol. The molecule has 0 N–H and O–H groups in total. The molecule has 0 aliphatic carbocycles. The van der Waals surface area contributed by atoms with Gasteiger partial charge < -0.3 is 43.1 Å². The predicted octanol–water partition coefficient (Wildman–Crippen LogP) is -3.48. The first-order chi connectivity index (χ1) is 3.46. The number of hydrogen-bond acceptors (Lipinski definition) is 6. The van der Waals surface area contributed by atoms with Gasteiger partial charge in [0.15, 0.2) is 0 Å². The summed E-state index contributed by atoms with van der Waals surface area (Å²) in [7, 11) is 0. The summed E-state index contributed by atoms with van der Waals surface area (Å²) in [4.78, 5) is 16.5. The molecule has 0 saturated carbocycles. The van der Waals surface area contributed by atoms with Crippen molar-refractivity contribution in [3.05, 3.63) is 30.6 Å². The van der Waals surface area contributed by atoms with Gasteiger partial charge in [0.05, 0.1) is 10.2 Å². The molecule has 0 heterocycles. The molecule has 10 heavy (non-hydrogen) atoms. The van der Waals surface area contributed by atoms with Crippen LogP contribution in [0.2, 0.25) is 0 Å². The fourth-order valence-corrected chi connectivity index (χ4v) is 0. The van der Waals surface area contributed by atoms with Crippen LogP contribution in [0.1, 0.15) is 0 Å². The van der Waals surface area contributed by atoms with Gasteiger partial charge in [-0.05, 0) is 0 Å². The van der Waals surface area contributed by atoms with Gasteiger partial charge in [0.1, 0.15) is 0 Å². The average molecular weight is 218 g/mol. The summed E-state index contributed by atoms with van der Waals surface area (Å²) < 4.78 is 0. The maximum absolute atomic E-state index is 8.25. The molecule has 0 rings (SSSR count). The number of rotatable bonds is 0. The molecule has 65 valence electrons. The van der Waals surface area contributed by atoms with E-state index in [0.29, 0.717) is 0 Å². The third-order valence-electron chi connectivity index (χ3n) is 0. The molecule has 0 aliphatic heterocycles. The van der Waals surface area contributed by atoms with Crippen LogP contribution in [0, 0.1) is 30.6 Å². The Balaban J connectivity index is -0.0000000300. The van der Waals surface area contributed by atoms with Crippen molar-refractivity contribution < 1.29 is 39.4 Å². The minimum absolute atomic E-state index is 0. The van der Waals surface area contributed by atoms with E-state index in [4.69, 9.17) is 30.6 Å². The molecule has 0 atom stereocenters. The molecule has 0 aromatic heterocycles. The van der Waals surface area contributed by atoms with Crippen LogP contribution in [0.5, 0.6) is 0 Å². The van der Waals surface area contributed by atoms with Crippen LogP contribution in [0.25, 0.3) is 0 Å². The van der Waals surface area contributed by atoms with Crippen LogP contribution in [0.4, 0.5) is 0 Å². The Kier molecular flexibility index (Phi) is 36.0. The zero-order chi connectivity index (χ0) is 7.15. The summed E-state index contributed by atoms with van der Waals surface area (Å²) in [5.74, 6) is 0. The van der Waals surface area contributed by atoms with Crippen LogP contribution < -0.4 is 12.4 Å². The molecule has 0 amide bonds. The monoisotopic (exact) mass is 218 g/mol. The molecule has 0 saturated heterocycles. The van der Waals surface area contributed by atoms with E-state index in [-0.39, 0.29) is 29.2 Å². The normalized spacial score (nSPS) is 4.80. The van der Waals surface area contributed by atoms with E-state index in [0.717, 1.165) is 0 Å². The maximum Gasteiger partial charge on any atom is 0.0689 e. The largest absolute Gasteiger partial charge is 1.00 e. The molecule has 1 radical (unpaired) electrons. The van der Waals surface area contributed by atoms with Gasteiger partial charge in [0.25, 0.3) is 0 Å². The Morgan fingerprint density at radius 3 is 0.800 bits per heavy atom. The first-order valence-corrected chi connectivity index (χ1v) is 1.10. The summed E-state index contributed by atoms with van der Waals surface area (Å²) in [5.41, 5.74) is 0. The van der Waals surface area contributed by atoms with Gasteiger partial charge in [-0.3, -0.25) is 0 Å². The van der Waals surface area contributed by atoms with Crippen molar-refractivity contribution in [2.24, 2.45) is 0 Å². The van der Waals surface area contributed by atoms with Crippen molar-refractivity contribution >= 4 is 0 Å². The van der Waals surface area contributed by atoms with Crippen LogP contribution in [0.3, 0.4) is 0 Å². The van der Waals surface area contributed by atoms with Gasteiger partial charge in [0, 0.05) is 16.8 Å². The second-order valence-electron chi connectivity index (χ2n) is 0.447. The Morgan fingerprint density at radius 2 is 0.800 bits per heavy atom. The van der Waals surface area contributed by atoms with Crippen LogP contribution in [0.15, 0.2) is 0 Å². The minimum Gasteiger partial charge on any atom is -1.00 e. The van der Waals surface area contributed by atoms with Gasteiger partial charge >= 0.3 is 0 Å². The van der Waals surface area contributed by atoms with E-state index in [1.807, 2.05) is 0 Å². The molecule has 0 bridgehead atoms. The summed E-state index contributed by atoms with van der Waals surface area (Å²) in [6.07, 6.45) is 0. The van der Waals surface area contributed by atoms with Crippen LogP contribution in [-0.2, 0) is 16.8 Å². The molecule has 0 aromatic carbocycles. The summed E-state index contributed by atoms with van der Waals surface area (Å²) in [6, 6.07) is 0. The van der Waals surface area contributed by atoms with Gasteiger partial charge in [-0.15, -0.1) is 0 Å². The topological polar surface area (TPSA) is 132 Å². The Morgan fingerprint density at radius 1 is 0.800 bits per heavy atom. The van der Waals surface area contributed by atoms with Gasteiger partial charge in [-0.1, -0.05) is 0 Å². The molecule has 0 aromatic rings.